The van der Waals surface area contributed by atoms with E-state index in [0.29, 0.717) is 28.2 Å². The zero-order chi connectivity index (χ0) is 49.8. The van der Waals surface area contributed by atoms with Crippen LogP contribution >= 0.6 is 0 Å². The molecule has 0 bridgehead atoms. The van der Waals surface area contributed by atoms with Gasteiger partial charge in [-0.1, -0.05) is 203 Å². The molecule has 0 unspecified atom stereocenters. The Morgan fingerprint density at radius 1 is 0.536 bits per heavy atom. The second-order valence-corrected chi connectivity index (χ2v) is 19.9. The molecule has 0 aliphatic rings. The molecule has 0 saturated carbocycles. The van der Waals surface area contributed by atoms with Crippen LogP contribution in [0.1, 0.15) is 67.9 Å². The maximum absolute atomic E-state index is 12.4. The van der Waals surface area contributed by atoms with Crippen LogP contribution in [0.2, 0.25) is 0 Å². The first-order valence-corrected chi connectivity index (χ1v) is 23.3. The second-order valence-electron chi connectivity index (χ2n) is 19.9. The van der Waals surface area contributed by atoms with Crippen molar-refractivity contribution >= 4 is 11.0 Å². The van der Waals surface area contributed by atoms with E-state index in [9.17, 15) is 5.11 Å². The minimum atomic E-state index is -2.49. The molecule has 0 amide bonds. The summed E-state index contributed by atoms with van der Waals surface area (Å²) >= 11 is 0. The minimum absolute atomic E-state index is 0. The van der Waals surface area contributed by atoms with Gasteiger partial charge in [0.2, 0.25) is 0 Å². The molecular formula is C64H56N3OPt-. The van der Waals surface area contributed by atoms with E-state index in [4.69, 9.17) is 14.1 Å². The first kappa shape index (κ1) is 43.2. The summed E-state index contributed by atoms with van der Waals surface area (Å²) < 4.78 is 29.3. The molecule has 0 aliphatic heterocycles. The number of benzene rings is 8. The van der Waals surface area contributed by atoms with Gasteiger partial charge in [-0.05, 0) is 105 Å². The number of phenolic OH excluding ortho intramolecular Hbond substituents is 1. The number of fused-ring (bicyclic) bond motifs is 1. The Bertz CT molecular complexity index is 3590. The van der Waals surface area contributed by atoms with Crippen LogP contribution in [-0.2, 0) is 31.9 Å². The monoisotopic (exact) mass is 1080 g/mol. The van der Waals surface area contributed by atoms with Gasteiger partial charge in [0, 0.05) is 42.6 Å². The summed E-state index contributed by atoms with van der Waals surface area (Å²) in [6.07, 6.45) is 1.85. The van der Waals surface area contributed by atoms with Crippen LogP contribution in [0, 0.1) is 19.8 Å². The third kappa shape index (κ3) is 9.27. The Labute approximate surface area is 425 Å². The van der Waals surface area contributed by atoms with Gasteiger partial charge >= 0.3 is 0 Å². The van der Waals surface area contributed by atoms with Crippen LogP contribution in [0.4, 0.5) is 0 Å². The van der Waals surface area contributed by atoms with E-state index < -0.39 is 12.3 Å². The van der Waals surface area contributed by atoms with E-state index in [1.807, 2.05) is 108 Å². The van der Waals surface area contributed by atoms with Gasteiger partial charge in [0.1, 0.15) is 11.6 Å². The molecule has 69 heavy (non-hydrogen) atoms. The number of aromatic nitrogens is 3. The van der Waals surface area contributed by atoms with Gasteiger partial charge in [-0.2, -0.15) is 0 Å². The van der Waals surface area contributed by atoms with Gasteiger partial charge < -0.3 is 5.11 Å². The molecule has 2 heterocycles. The van der Waals surface area contributed by atoms with E-state index >= 15 is 0 Å². The summed E-state index contributed by atoms with van der Waals surface area (Å²) in [5, 5.41) is 12.4. The zero-order valence-electron chi connectivity index (χ0n) is 43.0. The van der Waals surface area contributed by atoms with Crippen molar-refractivity contribution in [3.8, 4) is 89.7 Å². The van der Waals surface area contributed by atoms with E-state index in [1.165, 1.54) is 5.56 Å². The average molecular weight is 1080 g/mol. The number of nitrogens with zero attached hydrogens (tertiary/aromatic N) is 3. The fourth-order valence-electron chi connectivity index (χ4n) is 9.23. The predicted molar refractivity (Wildman–Crippen MR) is 284 cm³/mol. The van der Waals surface area contributed by atoms with Crippen molar-refractivity contribution < 1.29 is 30.3 Å². The molecule has 0 saturated heterocycles. The Kier molecular flexibility index (Phi) is 11.7. The molecule has 344 valence electrons. The fraction of sp³-hybridized carbons (Fsp3) is 0.156. The summed E-state index contributed by atoms with van der Waals surface area (Å²) in [6, 6.07) is 65.1. The number of imidazole rings is 1. The van der Waals surface area contributed by atoms with Gasteiger partial charge in [0.15, 0.2) is 0 Å². The molecule has 0 radical (unpaired) electrons. The molecule has 8 aromatic carbocycles. The number of aromatic hydroxyl groups is 1. The molecule has 0 spiro atoms. The first-order valence-electron chi connectivity index (χ1n) is 24.8. The summed E-state index contributed by atoms with van der Waals surface area (Å²) in [7, 11) is 0. The van der Waals surface area contributed by atoms with Crippen LogP contribution in [0.3, 0.4) is 0 Å². The maximum atomic E-state index is 12.4. The standard InChI is InChI=1S/C64H56N3O.Pt/c1-41-25-27-44(28-26-41)47-33-34-65-57(39-47)50-37-48(43-17-11-9-12-18-43)36-49(38-50)52-21-16-24-58-60(52)66-62(53-22-15-23-56(61(53)68)64(6,7)8)67(58)59-35-42(2)54(40-55(59)45-19-13-10-14-20-45)46-29-31-51(32-30-46)63(3,4)5;/h9-37,39-40,68H,1-8H3;/q-1;/i2D3;. The number of para-hydroxylation sites is 2. The number of rotatable bonds is 8. The third-order valence-electron chi connectivity index (χ3n) is 13.0. The minimum Gasteiger partial charge on any atom is -0.507 e. The number of hydrogen-bond donors (Lipinski definition) is 1. The summed E-state index contributed by atoms with van der Waals surface area (Å²) in [4.78, 5) is 10.5. The molecular weight excluding hydrogens is 1020 g/mol. The van der Waals surface area contributed by atoms with Crippen molar-refractivity contribution in [3.63, 3.8) is 0 Å². The third-order valence-corrected chi connectivity index (χ3v) is 13.0. The quantitative estimate of drug-likeness (QED) is 0.154. The Balaban J connectivity index is 0.00000640. The Morgan fingerprint density at radius 2 is 1.16 bits per heavy atom. The van der Waals surface area contributed by atoms with Gasteiger partial charge in [-0.25, -0.2) is 4.98 Å². The van der Waals surface area contributed by atoms with E-state index in [-0.39, 0.29) is 37.8 Å². The Morgan fingerprint density at radius 3 is 1.84 bits per heavy atom. The SMILES string of the molecule is [2H]C([2H])([2H])c1cc(-n2c(-c3cccc(C(C)(C)C)c3O)nc3c(-c4[c-]c(-c5cc(-c6ccc(C)cc6)ccn5)cc(-c5ccccc5)c4)cccc32)c(-c2ccccc2)cc1-c1ccc(C(C)(C)C)cc1.[Pt]. The van der Waals surface area contributed by atoms with Crippen LogP contribution in [0.5, 0.6) is 5.75 Å². The topological polar surface area (TPSA) is 50.9 Å². The number of phenols is 1. The van der Waals surface area contributed by atoms with Gasteiger partial charge in [0.05, 0.1) is 22.3 Å². The summed E-state index contributed by atoms with van der Waals surface area (Å²) in [5.74, 6) is 0.587. The molecule has 2 aromatic heterocycles. The normalized spacial score (nSPS) is 12.5. The predicted octanol–water partition coefficient (Wildman–Crippen LogP) is 16.8. The van der Waals surface area contributed by atoms with Gasteiger partial charge in [0.25, 0.3) is 0 Å². The van der Waals surface area contributed by atoms with Crippen molar-refractivity contribution in [1.82, 2.24) is 14.5 Å². The molecule has 0 atom stereocenters. The largest absolute Gasteiger partial charge is 0.507 e. The van der Waals surface area contributed by atoms with Crippen molar-refractivity contribution in [1.29, 1.82) is 0 Å². The van der Waals surface area contributed by atoms with Crippen LogP contribution < -0.4 is 0 Å². The van der Waals surface area contributed by atoms with Crippen LogP contribution in [0.15, 0.2) is 188 Å². The van der Waals surface area contributed by atoms with Crippen LogP contribution in [0.25, 0.3) is 95.0 Å². The maximum Gasteiger partial charge on any atom is 0.148 e. The van der Waals surface area contributed by atoms with Crippen molar-refractivity contribution in [3.05, 3.63) is 217 Å². The van der Waals surface area contributed by atoms with E-state index in [0.717, 1.165) is 78.0 Å². The summed E-state index contributed by atoms with van der Waals surface area (Å²) in [5.41, 5.74) is 15.9. The number of aryl methyl sites for hydroxylation is 2. The molecule has 0 fully saturated rings. The molecule has 5 heteroatoms. The smallest absolute Gasteiger partial charge is 0.148 e. The average Bonchev–Trinajstić information content (AvgIpc) is 3.75. The molecule has 4 nitrogen and oxygen atoms in total. The van der Waals surface area contributed by atoms with Crippen molar-refractivity contribution in [2.75, 3.05) is 0 Å². The van der Waals surface area contributed by atoms with Crippen molar-refractivity contribution in [2.45, 2.75) is 66.1 Å². The molecule has 1 N–H and O–H groups in total. The van der Waals surface area contributed by atoms with Crippen LogP contribution in [-0.4, -0.2) is 19.6 Å². The first-order chi connectivity index (χ1) is 33.9. The van der Waals surface area contributed by atoms with E-state index in [1.54, 1.807) is 0 Å². The van der Waals surface area contributed by atoms with Gasteiger partial charge in [-0.3, -0.25) is 9.55 Å². The van der Waals surface area contributed by atoms with Gasteiger partial charge in [-0.15, -0.1) is 23.8 Å². The number of pyridine rings is 1. The Hall–Kier alpha value is -7.13. The molecule has 0 aliphatic carbocycles. The zero-order valence-corrected chi connectivity index (χ0v) is 42.3. The fourth-order valence-corrected chi connectivity index (χ4v) is 9.23. The number of hydrogen-bond acceptors (Lipinski definition) is 3. The molecule has 10 aromatic rings. The molecule has 10 rings (SSSR count). The van der Waals surface area contributed by atoms with E-state index in [2.05, 4.69) is 139 Å². The summed E-state index contributed by atoms with van der Waals surface area (Å²) in [6.45, 7) is 12.3. The van der Waals surface area contributed by atoms with Crippen molar-refractivity contribution in [2.24, 2.45) is 0 Å². The second kappa shape index (κ2) is 18.7.